The van der Waals surface area contributed by atoms with Crippen LogP contribution in [0.15, 0.2) is 24.3 Å². The van der Waals surface area contributed by atoms with E-state index in [2.05, 4.69) is 5.32 Å². The molecule has 0 saturated heterocycles. The van der Waals surface area contributed by atoms with Crippen LogP contribution in [-0.4, -0.2) is 38.0 Å². The Morgan fingerprint density at radius 3 is 2.53 bits per heavy atom. The minimum atomic E-state index is -3.59. The molecule has 19 heavy (non-hydrogen) atoms. The fraction of sp³-hybridized carbons (Fsp3) is 0.417. The Labute approximate surface area is 112 Å². The summed E-state index contributed by atoms with van der Waals surface area (Å²) in [5.41, 5.74) is 0.234. The minimum absolute atomic E-state index is 0.164. The van der Waals surface area contributed by atoms with Crippen molar-refractivity contribution >= 4 is 15.9 Å². The van der Waals surface area contributed by atoms with E-state index in [-0.39, 0.29) is 18.7 Å². The first-order chi connectivity index (χ1) is 8.84. The van der Waals surface area contributed by atoms with Gasteiger partial charge < -0.3 is 5.32 Å². The summed E-state index contributed by atoms with van der Waals surface area (Å²) < 4.78 is 37.7. The number of rotatable bonds is 6. The molecule has 1 N–H and O–H groups in total. The third-order valence-corrected chi connectivity index (χ3v) is 3.66. The van der Waals surface area contributed by atoms with E-state index in [1.165, 1.54) is 18.2 Å². The van der Waals surface area contributed by atoms with Gasteiger partial charge in [0.15, 0.2) is 0 Å². The molecule has 0 spiro atoms. The monoisotopic (exact) mass is 288 g/mol. The van der Waals surface area contributed by atoms with Crippen LogP contribution in [0.2, 0.25) is 0 Å². The SMILES string of the molecule is CCNC(=O)CN(Cc1ccccc1F)S(C)(=O)=O. The maximum absolute atomic E-state index is 13.5. The fourth-order valence-electron chi connectivity index (χ4n) is 1.52. The second-order valence-electron chi connectivity index (χ2n) is 4.08. The van der Waals surface area contributed by atoms with Crippen LogP contribution in [0.4, 0.5) is 4.39 Å². The first-order valence-electron chi connectivity index (χ1n) is 5.79. The van der Waals surface area contributed by atoms with Crippen molar-refractivity contribution in [3.8, 4) is 0 Å². The van der Waals surface area contributed by atoms with Gasteiger partial charge in [-0.1, -0.05) is 18.2 Å². The lowest BCUT2D eigenvalue weighted by atomic mass is 10.2. The van der Waals surface area contributed by atoms with Crippen LogP contribution in [0.5, 0.6) is 0 Å². The van der Waals surface area contributed by atoms with E-state index in [1.54, 1.807) is 13.0 Å². The molecule has 1 aromatic rings. The molecule has 0 aromatic heterocycles. The van der Waals surface area contributed by atoms with Crippen molar-refractivity contribution in [2.45, 2.75) is 13.5 Å². The number of carbonyl (C=O) groups is 1. The van der Waals surface area contributed by atoms with Gasteiger partial charge in [-0.3, -0.25) is 4.79 Å². The topological polar surface area (TPSA) is 66.5 Å². The molecule has 0 bridgehead atoms. The summed E-state index contributed by atoms with van der Waals surface area (Å²) in [4.78, 5) is 11.5. The highest BCUT2D eigenvalue weighted by molar-refractivity contribution is 7.88. The van der Waals surface area contributed by atoms with Crippen molar-refractivity contribution in [3.63, 3.8) is 0 Å². The summed E-state index contributed by atoms with van der Waals surface area (Å²) in [6.07, 6.45) is 0.993. The zero-order chi connectivity index (χ0) is 14.5. The lowest BCUT2D eigenvalue weighted by Crippen LogP contribution is -2.39. The average Bonchev–Trinajstić information content (AvgIpc) is 2.30. The van der Waals surface area contributed by atoms with Crippen molar-refractivity contribution in [2.75, 3.05) is 19.3 Å². The highest BCUT2D eigenvalue weighted by atomic mass is 32.2. The van der Waals surface area contributed by atoms with Crippen LogP contribution in [0.1, 0.15) is 12.5 Å². The Morgan fingerprint density at radius 2 is 2.00 bits per heavy atom. The van der Waals surface area contributed by atoms with Crippen LogP contribution in [0.3, 0.4) is 0 Å². The Balaban J connectivity index is 2.88. The number of benzene rings is 1. The number of nitrogens with one attached hydrogen (secondary N) is 1. The van der Waals surface area contributed by atoms with Crippen LogP contribution in [0, 0.1) is 5.82 Å². The maximum Gasteiger partial charge on any atom is 0.235 e. The molecular formula is C12H17FN2O3S. The summed E-state index contributed by atoms with van der Waals surface area (Å²) in [5.74, 6) is -0.906. The van der Waals surface area contributed by atoms with Crippen molar-refractivity contribution in [1.29, 1.82) is 0 Å². The van der Waals surface area contributed by atoms with Gasteiger partial charge in [-0.25, -0.2) is 12.8 Å². The van der Waals surface area contributed by atoms with Gasteiger partial charge in [0, 0.05) is 18.7 Å². The van der Waals surface area contributed by atoms with Gasteiger partial charge in [0.25, 0.3) is 0 Å². The molecule has 0 unspecified atom stereocenters. The van der Waals surface area contributed by atoms with E-state index in [0.717, 1.165) is 10.6 Å². The van der Waals surface area contributed by atoms with Gasteiger partial charge in [-0.05, 0) is 13.0 Å². The van der Waals surface area contributed by atoms with Crippen LogP contribution in [-0.2, 0) is 21.4 Å². The number of nitrogens with zero attached hydrogens (tertiary/aromatic N) is 1. The second-order valence-corrected chi connectivity index (χ2v) is 6.06. The Hall–Kier alpha value is -1.47. The normalized spacial score (nSPS) is 11.6. The molecular weight excluding hydrogens is 271 g/mol. The molecule has 0 aliphatic heterocycles. The van der Waals surface area contributed by atoms with E-state index < -0.39 is 21.7 Å². The molecule has 1 aromatic carbocycles. The Morgan fingerprint density at radius 1 is 1.37 bits per heavy atom. The largest absolute Gasteiger partial charge is 0.355 e. The molecule has 106 valence electrons. The molecule has 0 saturated carbocycles. The lowest BCUT2D eigenvalue weighted by molar-refractivity contribution is -0.121. The first kappa shape index (κ1) is 15.6. The third-order valence-electron chi connectivity index (χ3n) is 2.47. The van der Waals surface area contributed by atoms with Crippen LogP contribution in [0.25, 0.3) is 0 Å². The quantitative estimate of drug-likeness (QED) is 0.839. The van der Waals surface area contributed by atoms with Gasteiger partial charge in [0.1, 0.15) is 5.82 Å². The molecule has 0 atom stereocenters. The Kier molecular flexibility index (Phi) is 5.44. The average molecular weight is 288 g/mol. The molecule has 7 heteroatoms. The molecule has 0 radical (unpaired) electrons. The zero-order valence-electron chi connectivity index (χ0n) is 10.9. The number of carbonyl (C=O) groups excluding carboxylic acids is 1. The first-order valence-corrected chi connectivity index (χ1v) is 7.64. The van der Waals surface area contributed by atoms with Gasteiger partial charge in [0.05, 0.1) is 12.8 Å². The van der Waals surface area contributed by atoms with Crippen molar-refractivity contribution < 1.29 is 17.6 Å². The summed E-state index contributed by atoms with van der Waals surface area (Å²) in [5, 5.41) is 2.51. The lowest BCUT2D eigenvalue weighted by Gasteiger charge is -2.19. The van der Waals surface area contributed by atoms with Crippen molar-refractivity contribution in [1.82, 2.24) is 9.62 Å². The van der Waals surface area contributed by atoms with Gasteiger partial charge >= 0.3 is 0 Å². The number of amides is 1. The van der Waals surface area contributed by atoms with Gasteiger partial charge in [0.2, 0.25) is 15.9 Å². The summed E-state index contributed by atoms with van der Waals surface area (Å²) in [6, 6.07) is 5.88. The smallest absolute Gasteiger partial charge is 0.235 e. The molecule has 1 rings (SSSR count). The van der Waals surface area contributed by atoms with E-state index in [0.29, 0.717) is 6.54 Å². The summed E-state index contributed by atoms with van der Waals surface area (Å²) in [6.45, 7) is 1.67. The number of likely N-dealkylation sites (N-methyl/N-ethyl adjacent to an activating group) is 1. The predicted octanol–water partition coefficient (Wildman–Crippen LogP) is 0.723. The van der Waals surface area contributed by atoms with Gasteiger partial charge in [-0.15, -0.1) is 0 Å². The standard InChI is InChI=1S/C12H17FN2O3S/c1-3-14-12(16)9-15(19(2,17)18)8-10-6-4-5-7-11(10)13/h4-7H,3,8-9H2,1-2H3,(H,14,16). The van der Waals surface area contributed by atoms with Crippen molar-refractivity contribution in [3.05, 3.63) is 35.6 Å². The van der Waals surface area contributed by atoms with Crippen LogP contribution < -0.4 is 5.32 Å². The number of halogens is 1. The maximum atomic E-state index is 13.5. The Bertz CT molecular complexity index is 546. The molecule has 5 nitrogen and oxygen atoms in total. The second kappa shape index (κ2) is 6.63. The molecule has 0 heterocycles. The third kappa shape index (κ3) is 4.96. The van der Waals surface area contributed by atoms with Crippen LogP contribution >= 0.6 is 0 Å². The highest BCUT2D eigenvalue weighted by Crippen LogP contribution is 2.12. The van der Waals surface area contributed by atoms with E-state index in [1.807, 2.05) is 0 Å². The van der Waals surface area contributed by atoms with E-state index in [4.69, 9.17) is 0 Å². The van der Waals surface area contributed by atoms with E-state index in [9.17, 15) is 17.6 Å². The number of hydrogen-bond acceptors (Lipinski definition) is 3. The summed E-state index contributed by atoms with van der Waals surface area (Å²) >= 11 is 0. The number of sulfonamides is 1. The zero-order valence-corrected chi connectivity index (χ0v) is 11.7. The van der Waals surface area contributed by atoms with Gasteiger partial charge in [-0.2, -0.15) is 4.31 Å². The highest BCUT2D eigenvalue weighted by Gasteiger charge is 2.21. The van der Waals surface area contributed by atoms with Crippen molar-refractivity contribution in [2.24, 2.45) is 0 Å². The predicted molar refractivity (Wildman–Crippen MR) is 70.3 cm³/mol. The molecule has 0 fully saturated rings. The molecule has 1 amide bonds. The summed E-state index contributed by atoms with van der Waals surface area (Å²) in [7, 11) is -3.59. The minimum Gasteiger partial charge on any atom is -0.355 e. The fourth-order valence-corrected chi connectivity index (χ4v) is 2.25. The van der Waals surface area contributed by atoms with E-state index >= 15 is 0 Å². The number of hydrogen-bond donors (Lipinski definition) is 1. The molecule has 0 aliphatic rings. The molecule has 0 aliphatic carbocycles.